The number of amides is 1. The lowest BCUT2D eigenvalue weighted by Gasteiger charge is -2.32. The molecule has 0 saturated carbocycles. The number of carbonyl (C=O) groups excluding carboxylic acids is 3. The Kier molecular flexibility index (Phi) is 5.13. The van der Waals surface area contributed by atoms with Crippen LogP contribution in [0.15, 0.2) is 24.3 Å². The molecule has 2 aromatic rings. The minimum absolute atomic E-state index is 0.113. The Morgan fingerprint density at radius 1 is 1.38 bits per heavy atom. The number of benzene rings is 1. The Morgan fingerprint density at radius 3 is 2.85 bits per heavy atom. The fourth-order valence-electron chi connectivity index (χ4n) is 2.96. The molecule has 0 spiro atoms. The maximum atomic E-state index is 13.6. The second-order valence-corrected chi connectivity index (χ2v) is 7.17. The second-order valence-electron chi connectivity index (χ2n) is 5.97. The summed E-state index contributed by atoms with van der Waals surface area (Å²) in [5.41, 5.74) is 0.638. The fraction of sp³-hybridized carbons (Fsp3) is 0.333. The number of likely N-dealkylation sites (tertiary alicyclic amines) is 1. The van der Waals surface area contributed by atoms with Crippen molar-refractivity contribution in [2.24, 2.45) is 0 Å². The van der Waals surface area contributed by atoms with Crippen LogP contribution in [0.5, 0.6) is 0 Å². The number of nitrogens with zero attached hydrogens (tertiary/aromatic N) is 2. The molecule has 1 saturated heterocycles. The molecule has 2 heterocycles. The number of hydrogen-bond acceptors (Lipinski definition) is 6. The van der Waals surface area contributed by atoms with Gasteiger partial charge in [0.2, 0.25) is 0 Å². The van der Waals surface area contributed by atoms with E-state index in [-0.39, 0.29) is 30.9 Å². The van der Waals surface area contributed by atoms with Crippen LogP contribution in [-0.2, 0) is 14.3 Å². The first kappa shape index (κ1) is 18.2. The summed E-state index contributed by atoms with van der Waals surface area (Å²) in [6.45, 7) is 1.57. The number of thiazole rings is 1. The number of methoxy groups -OCH3 is 1. The van der Waals surface area contributed by atoms with Gasteiger partial charge in [-0.2, -0.15) is 0 Å². The highest BCUT2D eigenvalue weighted by atomic mass is 32.1. The van der Waals surface area contributed by atoms with E-state index in [2.05, 4.69) is 4.98 Å². The maximum absolute atomic E-state index is 13.6. The van der Waals surface area contributed by atoms with E-state index < -0.39 is 23.7 Å². The van der Waals surface area contributed by atoms with Crippen LogP contribution >= 0.6 is 11.3 Å². The molecule has 8 heteroatoms. The normalized spacial score (nSPS) is 17.3. The quantitative estimate of drug-likeness (QED) is 0.770. The van der Waals surface area contributed by atoms with Gasteiger partial charge in [0.1, 0.15) is 17.6 Å². The molecule has 1 aliphatic heterocycles. The topological polar surface area (TPSA) is 76.6 Å². The highest BCUT2D eigenvalue weighted by molar-refractivity contribution is 7.15. The Hall–Kier alpha value is -2.61. The summed E-state index contributed by atoms with van der Waals surface area (Å²) < 4.78 is 18.4. The van der Waals surface area contributed by atoms with Crippen LogP contribution < -0.4 is 0 Å². The van der Waals surface area contributed by atoms with Gasteiger partial charge in [-0.15, -0.1) is 11.3 Å². The molecule has 136 valence electrons. The summed E-state index contributed by atoms with van der Waals surface area (Å²) in [5.74, 6) is -1.65. The lowest BCUT2D eigenvalue weighted by Crippen LogP contribution is -2.51. The van der Waals surface area contributed by atoms with Crippen LogP contribution in [0.25, 0.3) is 10.4 Å². The SMILES string of the molecule is COC(=O)C1CCC(=O)CN1C(=O)c1nc(C)sc1-c1cccc(F)c1. The number of piperidine rings is 1. The van der Waals surface area contributed by atoms with E-state index in [0.29, 0.717) is 15.4 Å². The molecule has 0 radical (unpaired) electrons. The van der Waals surface area contributed by atoms with Crippen LogP contribution in [0.2, 0.25) is 0 Å². The van der Waals surface area contributed by atoms with Gasteiger partial charge in [-0.25, -0.2) is 14.2 Å². The molecule has 1 atom stereocenters. The highest BCUT2D eigenvalue weighted by Crippen LogP contribution is 2.32. The third kappa shape index (κ3) is 3.50. The minimum Gasteiger partial charge on any atom is -0.467 e. The summed E-state index contributed by atoms with van der Waals surface area (Å²) in [6, 6.07) is 5.05. The summed E-state index contributed by atoms with van der Waals surface area (Å²) >= 11 is 1.26. The van der Waals surface area contributed by atoms with Crippen LogP contribution in [0, 0.1) is 12.7 Å². The van der Waals surface area contributed by atoms with Crippen molar-refractivity contribution in [3.63, 3.8) is 0 Å². The van der Waals surface area contributed by atoms with Gasteiger partial charge < -0.3 is 9.64 Å². The average molecular weight is 376 g/mol. The zero-order valence-corrected chi connectivity index (χ0v) is 15.1. The maximum Gasteiger partial charge on any atom is 0.328 e. The van der Waals surface area contributed by atoms with Gasteiger partial charge in [0.15, 0.2) is 5.78 Å². The van der Waals surface area contributed by atoms with E-state index in [1.165, 1.54) is 35.5 Å². The standard InChI is InChI=1S/C18H17FN2O4S/c1-10-20-15(16(26-10)11-4-3-5-12(19)8-11)17(23)21-9-13(22)6-7-14(21)18(24)25-2/h3-5,8,14H,6-7,9H2,1-2H3. The molecule has 3 rings (SSSR count). The largest absolute Gasteiger partial charge is 0.467 e. The number of rotatable bonds is 3. The van der Waals surface area contributed by atoms with Gasteiger partial charge in [-0.05, 0) is 31.0 Å². The first-order chi connectivity index (χ1) is 12.4. The molecule has 0 aliphatic carbocycles. The number of Topliss-reactive ketones (excluding diaryl/α,β-unsaturated/α-hetero) is 1. The summed E-state index contributed by atoms with van der Waals surface area (Å²) in [6.07, 6.45) is 0.437. The number of carbonyl (C=O) groups is 3. The number of ketones is 1. The van der Waals surface area contributed by atoms with Gasteiger partial charge in [-0.3, -0.25) is 9.59 Å². The van der Waals surface area contributed by atoms with Gasteiger partial charge in [0, 0.05) is 6.42 Å². The van der Waals surface area contributed by atoms with Crippen LogP contribution in [0.3, 0.4) is 0 Å². The Balaban J connectivity index is 2.01. The van der Waals surface area contributed by atoms with Crippen molar-refractivity contribution in [3.05, 3.63) is 40.8 Å². The Morgan fingerprint density at radius 2 is 2.15 bits per heavy atom. The summed E-state index contributed by atoms with van der Waals surface area (Å²) in [7, 11) is 1.24. The van der Waals surface area contributed by atoms with E-state index >= 15 is 0 Å². The number of ether oxygens (including phenoxy) is 1. The van der Waals surface area contributed by atoms with Crippen LogP contribution in [0.4, 0.5) is 4.39 Å². The molecule has 1 amide bonds. The predicted octanol–water partition coefficient (Wildman–Crippen LogP) is 2.60. The fourth-order valence-corrected chi connectivity index (χ4v) is 3.87. The van der Waals surface area contributed by atoms with E-state index in [0.717, 1.165) is 0 Å². The van der Waals surface area contributed by atoms with Crippen molar-refractivity contribution in [1.29, 1.82) is 0 Å². The van der Waals surface area contributed by atoms with Crippen molar-refractivity contribution >= 4 is 29.0 Å². The third-order valence-electron chi connectivity index (χ3n) is 4.18. The smallest absolute Gasteiger partial charge is 0.328 e. The number of hydrogen-bond donors (Lipinski definition) is 0. The minimum atomic E-state index is -0.826. The van der Waals surface area contributed by atoms with Gasteiger partial charge in [-0.1, -0.05) is 12.1 Å². The summed E-state index contributed by atoms with van der Waals surface area (Å²) in [5, 5.41) is 0.630. The number of aromatic nitrogens is 1. The number of halogens is 1. The third-order valence-corrected chi connectivity index (χ3v) is 5.20. The first-order valence-electron chi connectivity index (χ1n) is 8.04. The Bertz CT molecular complexity index is 880. The van der Waals surface area contributed by atoms with Crippen LogP contribution in [0.1, 0.15) is 28.3 Å². The zero-order chi connectivity index (χ0) is 18.8. The molecule has 26 heavy (non-hydrogen) atoms. The molecule has 0 bridgehead atoms. The zero-order valence-electron chi connectivity index (χ0n) is 14.3. The highest BCUT2D eigenvalue weighted by Gasteiger charge is 2.38. The molecule has 1 aromatic carbocycles. The Labute approximate surface area is 153 Å². The monoisotopic (exact) mass is 376 g/mol. The van der Waals surface area contributed by atoms with E-state index in [9.17, 15) is 18.8 Å². The van der Waals surface area contributed by atoms with Crippen molar-refractivity contribution in [3.8, 4) is 10.4 Å². The van der Waals surface area contributed by atoms with Crippen molar-refractivity contribution in [2.45, 2.75) is 25.8 Å². The van der Waals surface area contributed by atoms with E-state index in [1.807, 2.05) is 0 Å². The molecule has 1 aromatic heterocycles. The predicted molar refractivity (Wildman–Crippen MR) is 93.3 cm³/mol. The van der Waals surface area contributed by atoms with Crippen LogP contribution in [-0.4, -0.2) is 47.2 Å². The average Bonchev–Trinajstić information content (AvgIpc) is 3.02. The van der Waals surface area contributed by atoms with E-state index in [4.69, 9.17) is 4.74 Å². The van der Waals surface area contributed by atoms with Crippen molar-refractivity contribution in [1.82, 2.24) is 9.88 Å². The first-order valence-corrected chi connectivity index (χ1v) is 8.86. The lowest BCUT2D eigenvalue weighted by molar-refractivity contribution is -0.148. The van der Waals surface area contributed by atoms with Gasteiger partial charge in [0.05, 0.1) is 23.5 Å². The van der Waals surface area contributed by atoms with Crippen molar-refractivity contribution < 1.29 is 23.5 Å². The van der Waals surface area contributed by atoms with E-state index in [1.54, 1.807) is 19.1 Å². The van der Waals surface area contributed by atoms with Gasteiger partial charge in [0.25, 0.3) is 5.91 Å². The molecule has 0 N–H and O–H groups in total. The second kappa shape index (κ2) is 7.33. The molecule has 1 fully saturated rings. The molecule has 1 unspecified atom stereocenters. The number of aryl methyl sites for hydroxylation is 1. The van der Waals surface area contributed by atoms with Gasteiger partial charge >= 0.3 is 5.97 Å². The number of esters is 1. The molecular formula is C18H17FN2O4S. The molecule has 6 nitrogen and oxygen atoms in total. The molecule has 1 aliphatic rings. The summed E-state index contributed by atoms with van der Waals surface area (Å²) in [4.78, 5) is 43.0. The lowest BCUT2D eigenvalue weighted by atomic mass is 10.00. The van der Waals surface area contributed by atoms with Crippen molar-refractivity contribution in [2.75, 3.05) is 13.7 Å². The molecular weight excluding hydrogens is 359 g/mol.